The summed E-state index contributed by atoms with van der Waals surface area (Å²) < 4.78 is 41.0. The Morgan fingerprint density at radius 2 is 1.68 bits per heavy atom. The number of hydrogen-bond acceptors (Lipinski definition) is 5. The van der Waals surface area contributed by atoms with Crippen LogP contribution in [0, 0.1) is 0 Å². The number of thioether (sulfide) groups is 1. The van der Waals surface area contributed by atoms with Gasteiger partial charge in [-0.1, -0.05) is 84.0 Å². The number of rotatable bonds is 6. The molecular weight excluding hydrogens is 539 g/mol. The van der Waals surface area contributed by atoms with Crippen molar-refractivity contribution in [1.29, 1.82) is 0 Å². The summed E-state index contributed by atoms with van der Waals surface area (Å²) in [4.78, 5) is 23.1. The second-order valence-corrected chi connectivity index (χ2v) is 10.3. The molecule has 2 aromatic heterocycles. The highest BCUT2D eigenvalue weighted by Crippen LogP contribution is 2.44. The Hall–Kier alpha value is -3.40. The lowest BCUT2D eigenvalue weighted by Crippen LogP contribution is -2.21. The molecule has 37 heavy (non-hydrogen) atoms. The number of amides is 1. The highest BCUT2D eigenvalue weighted by Gasteiger charge is 2.35. The lowest BCUT2D eigenvalue weighted by Gasteiger charge is -2.19. The summed E-state index contributed by atoms with van der Waals surface area (Å²) in [5.74, 6) is -0.618. The smallest absolute Gasteiger partial charge is 0.324 e. The van der Waals surface area contributed by atoms with Crippen LogP contribution < -0.4 is 5.32 Å². The molecule has 0 fully saturated rings. The Balaban J connectivity index is 1.56. The zero-order valence-electron chi connectivity index (χ0n) is 18.9. The average Bonchev–Trinajstić information content (AvgIpc) is 3.34. The number of alkyl halides is 3. The van der Waals surface area contributed by atoms with Gasteiger partial charge in [-0.2, -0.15) is 13.2 Å². The molecule has 5 rings (SSSR count). The standard InChI is InChI=1S/C27H17ClF3N3OS2/c28-18-11-12-21(20(13-18)27(29,30)31)34-24(35)23(17-9-5-2-6-10-17)37-26-22-19(16-7-3-1-4-8-16)14-36-25(22)32-15-33-26/h1-15,23H,(H,34,35)/t23-/m0/s1. The summed E-state index contributed by atoms with van der Waals surface area (Å²) in [7, 11) is 0. The normalized spacial score (nSPS) is 12.4. The molecule has 1 atom stereocenters. The highest BCUT2D eigenvalue weighted by molar-refractivity contribution is 8.00. The van der Waals surface area contributed by atoms with Crippen LogP contribution in [-0.2, 0) is 11.0 Å². The first-order chi connectivity index (χ1) is 17.8. The molecule has 0 aliphatic carbocycles. The molecule has 0 spiro atoms. The fraction of sp³-hybridized carbons (Fsp3) is 0.0741. The Morgan fingerprint density at radius 3 is 2.38 bits per heavy atom. The van der Waals surface area contributed by atoms with E-state index >= 15 is 0 Å². The van der Waals surface area contributed by atoms with Crippen LogP contribution in [0.5, 0.6) is 0 Å². The average molecular weight is 556 g/mol. The molecule has 0 saturated heterocycles. The van der Waals surface area contributed by atoms with Gasteiger partial charge < -0.3 is 5.32 Å². The number of carbonyl (C=O) groups is 1. The lowest BCUT2D eigenvalue weighted by molar-refractivity contribution is -0.137. The number of nitrogens with one attached hydrogen (secondary N) is 1. The maximum atomic E-state index is 13.7. The molecule has 4 nitrogen and oxygen atoms in total. The maximum absolute atomic E-state index is 13.7. The highest BCUT2D eigenvalue weighted by atomic mass is 35.5. The molecule has 2 heterocycles. The van der Waals surface area contributed by atoms with Crippen LogP contribution in [0.25, 0.3) is 21.3 Å². The summed E-state index contributed by atoms with van der Waals surface area (Å²) in [6, 6.07) is 21.9. The van der Waals surface area contributed by atoms with Crippen LogP contribution in [0.2, 0.25) is 5.02 Å². The van der Waals surface area contributed by atoms with Crippen LogP contribution >= 0.6 is 34.7 Å². The molecule has 10 heteroatoms. The van der Waals surface area contributed by atoms with E-state index in [0.717, 1.165) is 45.2 Å². The molecule has 0 unspecified atom stereocenters. The molecule has 0 bridgehead atoms. The number of hydrogen-bond donors (Lipinski definition) is 1. The molecule has 5 aromatic rings. The summed E-state index contributed by atoms with van der Waals surface area (Å²) in [6.45, 7) is 0. The third kappa shape index (κ3) is 5.49. The van der Waals surface area contributed by atoms with Gasteiger partial charge in [0.2, 0.25) is 5.91 Å². The van der Waals surface area contributed by atoms with Gasteiger partial charge in [0, 0.05) is 16.0 Å². The van der Waals surface area contributed by atoms with Crippen LogP contribution in [0.4, 0.5) is 18.9 Å². The zero-order chi connectivity index (χ0) is 26.0. The number of anilines is 1. The molecule has 1 N–H and O–H groups in total. The van der Waals surface area contributed by atoms with E-state index in [-0.39, 0.29) is 10.7 Å². The fourth-order valence-electron chi connectivity index (χ4n) is 3.84. The van der Waals surface area contributed by atoms with E-state index in [1.165, 1.54) is 23.7 Å². The minimum Gasteiger partial charge on any atom is -0.324 e. The molecule has 3 aromatic carbocycles. The Kier molecular flexibility index (Phi) is 7.19. The third-order valence-corrected chi connectivity index (χ3v) is 7.91. The quantitative estimate of drug-likeness (QED) is 0.168. The third-order valence-electron chi connectivity index (χ3n) is 5.54. The van der Waals surface area contributed by atoms with Crippen LogP contribution in [-0.4, -0.2) is 15.9 Å². The zero-order valence-corrected chi connectivity index (χ0v) is 21.3. The second kappa shape index (κ2) is 10.5. The minimum absolute atomic E-state index is 0.0754. The monoisotopic (exact) mass is 555 g/mol. The number of thiophene rings is 1. The van der Waals surface area contributed by atoms with Crippen LogP contribution in [0.15, 0.2) is 95.6 Å². The van der Waals surface area contributed by atoms with Crippen LogP contribution in [0.3, 0.4) is 0 Å². The summed E-state index contributed by atoms with van der Waals surface area (Å²) in [6.07, 6.45) is -3.26. The number of fused-ring (bicyclic) bond motifs is 1. The van der Waals surface area contributed by atoms with Crippen molar-refractivity contribution in [3.63, 3.8) is 0 Å². The number of benzene rings is 3. The number of carbonyl (C=O) groups excluding carboxylic acids is 1. The molecule has 0 aliphatic rings. The minimum atomic E-state index is -4.69. The van der Waals surface area contributed by atoms with E-state index in [4.69, 9.17) is 11.6 Å². The van der Waals surface area contributed by atoms with Crippen molar-refractivity contribution < 1.29 is 18.0 Å². The Labute approximate surface area is 223 Å². The second-order valence-electron chi connectivity index (χ2n) is 7.96. The molecule has 1 amide bonds. The first kappa shape index (κ1) is 25.3. The molecular formula is C27H17ClF3N3OS2. The van der Waals surface area contributed by atoms with Gasteiger partial charge in [0.25, 0.3) is 0 Å². The fourth-order valence-corrected chi connectivity index (χ4v) is 6.11. The van der Waals surface area contributed by atoms with Gasteiger partial charge >= 0.3 is 6.18 Å². The van der Waals surface area contributed by atoms with Crippen LogP contribution in [0.1, 0.15) is 16.4 Å². The van der Waals surface area contributed by atoms with Gasteiger partial charge in [0.05, 0.1) is 16.6 Å². The van der Waals surface area contributed by atoms with E-state index in [1.54, 1.807) is 30.3 Å². The summed E-state index contributed by atoms with van der Waals surface area (Å²) in [5.41, 5.74) is 1.14. The van der Waals surface area contributed by atoms with Crippen molar-refractivity contribution in [1.82, 2.24) is 9.97 Å². The molecule has 0 radical (unpaired) electrons. The Bertz CT molecular complexity index is 1560. The summed E-state index contributed by atoms with van der Waals surface area (Å²) >= 11 is 8.43. The number of nitrogens with zero attached hydrogens (tertiary/aromatic N) is 2. The van der Waals surface area contributed by atoms with Crippen molar-refractivity contribution in [3.05, 3.63) is 107 Å². The van der Waals surface area contributed by atoms with Crippen molar-refractivity contribution in [2.24, 2.45) is 0 Å². The predicted octanol–water partition coefficient (Wildman–Crippen LogP) is 8.50. The first-order valence-electron chi connectivity index (χ1n) is 11.0. The van der Waals surface area contributed by atoms with E-state index in [2.05, 4.69) is 15.3 Å². The molecule has 0 aliphatic heterocycles. The van der Waals surface area contributed by atoms with Gasteiger partial charge in [-0.3, -0.25) is 4.79 Å². The Morgan fingerprint density at radius 1 is 0.973 bits per heavy atom. The largest absolute Gasteiger partial charge is 0.418 e. The lowest BCUT2D eigenvalue weighted by atomic mass is 10.1. The van der Waals surface area contributed by atoms with Gasteiger partial charge in [-0.15, -0.1) is 11.3 Å². The predicted molar refractivity (Wildman–Crippen MR) is 143 cm³/mol. The number of halogens is 4. The van der Waals surface area contributed by atoms with E-state index < -0.39 is 22.9 Å². The van der Waals surface area contributed by atoms with Crippen molar-refractivity contribution in [3.8, 4) is 11.1 Å². The topological polar surface area (TPSA) is 54.9 Å². The van der Waals surface area contributed by atoms with E-state index in [9.17, 15) is 18.0 Å². The van der Waals surface area contributed by atoms with Gasteiger partial charge in [0.1, 0.15) is 21.4 Å². The van der Waals surface area contributed by atoms with Crippen molar-refractivity contribution in [2.45, 2.75) is 16.5 Å². The van der Waals surface area contributed by atoms with E-state index in [0.29, 0.717) is 10.6 Å². The van der Waals surface area contributed by atoms with Gasteiger partial charge in [0.15, 0.2) is 0 Å². The molecule has 186 valence electrons. The summed E-state index contributed by atoms with van der Waals surface area (Å²) in [5, 5.41) is 4.84. The first-order valence-corrected chi connectivity index (χ1v) is 13.1. The van der Waals surface area contributed by atoms with Crippen molar-refractivity contribution >= 4 is 56.5 Å². The van der Waals surface area contributed by atoms with Gasteiger partial charge in [-0.05, 0) is 29.3 Å². The maximum Gasteiger partial charge on any atom is 0.418 e. The molecule has 0 saturated carbocycles. The van der Waals surface area contributed by atoms with Crippen molar-refractivity contribution in [2.75, 3.05) is 5.32 Å². The van der Waals surface area contributed by atoms with Gasteiger partial charge in [-0.25, -0.2) is 9.97 Å². The van der Waals surface area contributed by atoms with E-state index in [1.807, 2.05) is 35.7 Å². The number of aromatic nitrogens is 2. The SMILES string of the molecule is O=C(Nc1ccc(Cl)cc1C(F)(F)F)[C@@H](Sc1ncnc2scc(-c3ccccc3)c12)c1ccccc1.